The monoisotopic (exact) mass is 284 g/mol. The lowest BCUT2D eigenvalue weighted by atomic mass is 10.2. The zero-order valence-corrected chi connectivity index (χ0v) is 12.6. The van der Waals surface area contributed by atoms with Crippen molar-refractivity contribution in [2.75, 3.05) is 21.3 Å². The quantitative estimate of drug-likeness (QED) is 0.769. The van der Waals surface area contributed by atoms with Crippen molar-refractivity contribution < 1.29 is 19.0 Å². The molecule has 19 heavy (non-hydrogen) atoms. The molecule has 0 aliphatic rings. The largest absolute Gasteiger partial charge is 0.496 e. The van der Waals surface area contributed by atoms with Crippen LogP contribution in [0.15, 0.2) is 12.1 Å². The summed E-state index contributed by atoms with van der Waals surface area (Å²) in [5, 5.41) is 0.183. The van der Waals surface area contributed by atoms with Crippen LogP contribution in [0, 0.1) is 0 Å². The zero-order chi connectivity index (χ0) is 14.3. The fraction of sp³-hybridized carbons (Fsp3) is 0.500. The molecule has 0 bridgehead atoms. The van der Waals surface area contributed by atoms with E-state index in [2.05, 4.69) is 0 Å². The number of hydrogen-bond donors (Lipinski definition) is 0. The van der Waals surface area contributed by atoms with E-state index < -0.39 is 0 Å². The van der Waals surface area contributed by atoms with Crippen molar-refractivity contribution in [1.82, 2.24) is 0 Å². The highest BCUT2D eigenvalue weighted by atomic mass is 32.2. The van der Waals surface area contributed by atoms with Gasteiger partial charge in [-0.25, -0.2) is 0 Å². The Labute approximate surface area is 118 Å². The predicted molar refractivity (Wildman–Crippen MR) is 77.3 cm³/mol. The van der Waals surface area contributed by atoms with Crippen molar-refractivity contribution in [2.45, 2.75) is 25.5 Å². The lowest BCUT2D eigenvalue weighted by Crippen LogP contribution is -1.99. The van der Waals surface area contributed by atoms with Gasteiger partial charge in [-0.2, -0.15) is 0 Å². The second kappa shape index (κ2) is 7.94. The number of methoxy groups -OCH3 is 3. The molecule has 0 amide bonds. The molecule has 0 saturated carbocycles. The van der Waals surface area contributed by atoms with Crippen molar-refractivity contribution in [2.24, 2.45) is 0 Å². The van der Waals surface area contributed by atoms with Gasteiger partial charge in [-0.05, 0) is 6.42 Å². The first-order valence-corrected chi connectivity index (χ1v) is 7.09. The van der Waals surface area contributed by atoms with Gasteiger partial charge in [0.25, 0.3) is 0 Å². The molecule has 0 saturated heterocycles. The molecule has 4 nitrogen and oxygen atoms in total. The number of carbonyl (C=O) groups excluding carboxylic acids is 1. The van der Waals surface area contributed by atoms with E-state index in [9.17, 15) is 4.79 Å². The van der Waals surface area contributed by atoms with Crippen LogP contribution in [0.3, 0.4) is 0 Å². The van der Waals surface area contributed by atoms with Gasteiger partial charge in [-0.1, -0.05) is 18.7 Å². The van der Waals surface area contributed by atoms with E-state index in [1.807, 2.05) is 6.92 Å². The van der Waals surface area contributed by atoms with E-state index in [0.717, 1.165) is 12.0 Å². The van der Waals surface area contributed by atoms with E-state index >= 15 is 0 Å². The molecular formula is C14H20O4S. The summed E-state index contributed by atoms with van der Waals surface area (Å²) < 4.78 is 15.9. The fourth-order valence-corrected chi connectivity index (χ4v) is 2.59. The predicted octanol–water partition coefficient (Wildman–Crippen LogP) is 3.27. The molecule has 1 aromatic carbocycles. The Balaban J connectivity index is 2.94. The average Bonchev–Trinajstić information content (AvgIpc) is 2.44. The molecule has 0 N–H and O–H groups in total. The zero-order valence-electron chi connectivity index (χ0n) is 11.8. The maximum Gasteiger partial charge on any atom is 0.189 e. The van der Waals surface area contributed by atoms with Gasteiger partial charge >= 0.3 is 0 Å². The van der Waals surface area contributed by atoms with Gasteiger partial charge in [0.05, 0.1) is 21.3 Å². The van der Waals surface area contributed by atoms with Crippen LogP contribution >= 0.6 is 11.8 Å². The van der Waals surface area contributed by atoms with E-state index in [1.54, 1.807) is 33.5 Å². The van der Waals surface area contributed by atoms with E-state index in [0.29, 0.717) is 29.4 Å². The van der Waals surface area contributed by atoms with Crippen molar-refractivity contribution in [3.63, 3.8) is 0 Å². The maximum atomic E-state index is 11.6. The van der Waals surface area contributed by atoms with Crippen molar-refractivity contribution in [3.8, 4) is 17.2 Å². The molecule has 0 fully saturated rings. The Morgan fingerprint density at radius 2 is 1.68 bits per heavy atom. The lowest BCUT2D eigenvalue weighted by Gasteiger charge is -2.14. The van der Waals surface area contributed by atoms with Crippen LogP contribution in [0.1, 0.15) is 25.3 Å². The number of rotatable bonds is 7. The Hall–Kier alpha value is -1.36. The first-order valence-electron chi connectivity index (χ1n) is 6.10. The molecule has 106 valence electrons. The summed E-state index contributed by atoms with van der Waals surface area (Å²) in [6.07, 6.45) is 1.45. The van der Waals surface area contributed by atoms with Crippen LogP contribution in [-0.4, -0.2) is 26.4 Å². The van der Waals surface area contributed by atoms with E-state index in [-0.39, 0.29) is 5.12 Å². The third-order valence-electron chi connectivity index (χ3n) is 2.65. The highest BCUT2D eigenvalue weighted by Gasteiger charge is 2.14. The van der Waals surface area contributed by atoms with Crippen LogP contribution in [0.25, 0.3) is 0 Å². The minimum Gasteiger partial charge on any atom is -0.496 e. The minimum absolute atomic E-state index is 0.183. The number of ether oxygens (including phenoxy) is 3. The molecule has 0 unspecified atom stereocenters. The van der Waals surface area contributed by atoms with Crippen LogP contribution in [0.4, 0.5) is 0 Å². The van der Waals surface area contributed by atoms with Gasteiger partial charge in [0.2, 0.25) is 0 Å². The lowest BCUT2D eigenvalue weighted by molar-refractivity contribution is -0.111. The van der Waals surface area contributed by atoms with Gasteiger partial charge in [0.15, 0.2) is 5.12 Å². The third kappa shape index (κ3) is 4.35. The Kier molecular flexibility index (Phi) is 6.56. The van der Waals surface area contributed by atoms with Gasteiger partial charge in [-0.15, -0.1) is 0 Å². The number of thioether (sulfide) groups is 1. The van der Waals surface area contributed by atoms with Crippen molar-refractivity contribution in [1.29, 1.82) is 0 Å². The summed E-state index contributed by atoms with van der Waals surface area (Å²) in [6.45, 7) is 1.99. The number of carbonyl (C=O) groups is 1. The fourth-order valence-electron chi connectivity index (χ4n) is 1.65. The highest BCUT2D eigenvalue weighted by Crippen LogP contribution is 2.36. The first kappa shape index (κ1) is 15.7. The van der Waals surface area contributed by atoms with Gasteiger partial charge in [0.1, 0.15) is 17.2 Å². The summed E-state index contributed by atoms with van der Waals surface area (Å²) in [5.74, 6) is 2.55. The second-order valence-electron chi connectivity index (χ2n) is 3.92. The Bertz CT molecular complexity index is 406. The van der Waals surface area contributed by atoms with Gasteiger partial charge in [-0.3, -0.25) is 4.79 Å². The summed E-state index contributed by atoms with van der Waals surface area (Å²) in [4.78, 5) is 11.6. The average molecular weight is 284 g/mol. The van der Waals surface area contributed by atoms with Crippen molar-refractivity contribution in [3.05, 3.63) is 17.7 Å². The molecule has 1 rings (SSSR count). The van der Waals surface area contributed by atoms with E-state index in [4.69, 9.17) is 14.2 Å². The van der Waals surface area contributed by atoms with Crippen LogP contribution in [0.5, 0.6) is 17.2 Å². The smallest absolute Gasteiger partial charge is 0.189 e. The topological polar surface area (TPSA) is 44.8 Å². The molecule has 0 radical (unpaired) electrons. The molecule has 0 aliphatic carbocycles. The Morgan fingerprint density at radius 1 is 1.11 bits per heavy atom. The molecule has 0 atom stereocenters. The SMILES string of the molecule is CCCC(=O)SCc1c(OC)cc(OC)cc1OC. The molecule has 1 aromatic rings. The summed E-state index contributed by atoms with van der Waals surface area (Å²) >= 11 is 1.29. The van der Waals surface area contributed by atoms with Gasteiger partial charge in [0, 0.05) is 29.9 Å². The normalized spacial score (nSPS) is 10.1. The second-order valence-corrected chi connectivity index (χ2v) is 4.95. The third-order valence-corrected chi connectivity index (χ3v) is 3.61. The molecule has 0 aromatic heterocycles. The number of benzene rings is 1. The minimum atomic E-state index is 0.183. The highest BCUT2D eigenvalue weighted by molar-refractivity contribution is 8.12. The van der Waals surface area contributed by atoms with Gasteiger partial charge < -0.3 is 14.2 Å². The van der Waals surface area contributed by atoms with Crippen LogP contribution < -0.4 is 14.2 Å². The van der Waals surface area contributed by atoms with Crippen molar-refractivity contribution >= 4 is 16.9 Å². The Morgan fingerprint density at radius 3 is 2.11 bits per heavy atom. The molecule has 5 heteroatoms. The first-order chi connectivity index (χ1) is 9.15. The van der Waals surface area contributed by atoms with Crippen LogP contribution in [0.2, 0.25) is 0 Å². The number of hydrogen-bond acceptors (Lipinski definition) is 5. The van der Waals surface area contributed by atoms with Crippen LogP contribution in [-0.2, 0) is 10.5 Å². The molecule has 0 heterocycles. The van der Waals surface area contributed by atoms with E-state index in [1.165, 1.54) is 11.8 Å². The maximum absolute atomic E-state index is 11.6. The molecular weight excluding hydrogens is 264 g/mol. The molecule has 0 aliphatic heterocycles. The summed E-state index contributed by atoms with van der Waals surface area (Å²) in [5.41, 5.74) is 0.875. The summed E-state index contributed by atoms with van der Waals surface area (Å²) in [7, 11) is 4.78. The molecule has 0 spiro atoms. The summed E-state index contributed by atoms with van der Waals surface area (Å²) in [6, 6.07) is 3.59. The standard InChI is InChI=1S/C14H20O4S/c1-5-6-14(15)19-9-11-12(17-3)7-10(16-2)8-13(11)18-4/h7-8H,5-6,9H2,1-4H3.